The number of hydrogen-bond acceptors (Lipinski definition) is 5. The Morgan fingerprint density at radius 1 is 0.370 bits per heavy atom. The van der Waals surface area contributed by atoms with E-state index in [2.05, 4.69) is 126 Å². The van der Waals surface area contributed by atoms with Gasteiger partial charge in [-0.25, -0.2) is 4.98 Å². The Hall–Kier alpha value is -7.37. The fourth-order valence-electron chi connectivity index (χ4n) is 7.78. The summed E-state index contributed by atoms with van der Waals surface area (Å²) in [5, 5.41) is 4.03. The third-order valence-electron chi connectivity index (χ3n) is 10.3. The van der Waals surface area contributed by atoms with Crippen molar-refractivity contribution < 1.29 is 13.3 Å². The number of anilines is 3. The first kappa shape index (κ1) is 30.3. The van der Waals surface area contributed by atoms with Gasteiger partial charge in [-0.3, -0.25) is 0 Å². The average Bonchev–Trinajstić information content (AvgIpc) is 3.95. The van der Waals surface area contributed by atoms with Gasteiger partial charge in [-0.1, -0.05) is 103 Å². The molecule has 0 radical (unpaired) electrons. The van der Waals surface area contributed by atoms with E-state index < -0.39 is 0 Å². The summed E-state index contributed by atoms with van der Waals surface area (Å²) in [5.41, 5.74) is 13.2. The molecule has 0 aliphatic heterocycles. The molecule has 0 fully saturated rings. The van der Waals surface area contributed by atoms with Crippen molar-refractivity contribution in [2.24, 2.45) is 0 Å². The highest BCUT2D eigenvalue weighted by Gasteiger charge is 2.21. The first-order valence-electron chi connectivity index (χ1n) is 18.0. The van der Waals surface area contributed by atoms with Crippen LogP contribution in [0, 0.1) is 0 Å². The maximum atomic E-state index is 6.50. The van der Waals surface area contributed by atoms with Gasteiger partial charge in [0.2, 0.25) is 5.89 Å². The lowest BCUT2D eigenvalue weighted by Gasteiger charge is -2.27. The first-order chi connectivity index (χ1) is 26.7. The topological polar surface area (TPSA) is 55.6 Å². The Kier molecular flexibility index (Phi) is 6.79. The van der Waals surface area contributed by atoms with E-state index >= 15 is 0 Å². The van der Waals surface area contributed by atoms with Crippen LogP contribution in [0.3, 0.4) is 0 Å². The van der Waals surface area contributed by atoms with E-state index in [4.69, 9.17) is 18.2 Å². The van der Waals surface area contributed by atoms with Gasteiger partial charge >= 0.3 is 0 Å². The fraction of sp³-hybridized carbons (Fsp3) is 0. The number of aromatic nitrogens is 1. The zero-order chi connectivity index (χ0) is 35.6. The second kappa shape index (κ2) is 12.1. The molecular formula is C49H30N2O3. The van der Waals surface area contributed by atoms with E-state index in [0.29, 0.717) is 11.5 Å². The Morgan fingerprint density at radius 3 is 1.74 bits per heavy atom. The zero-order valence-corrected chi connectivity index (χ0v) is 28.9. The molecule has 5 nitrogen and oxygen atoms in total. The Balaban J connectivity index is 1.15. The van der Waals surface area contributed by atoms with Crippen LogP contribution in [0.2, 0.25) is 0 Å². The SMILES string of the molecule is c1ccc(-c2nc3ccc4oc5ccc(N(c6ccc(-c7ccccc7)c(-c7ccccc7)c6)c6ccc7c(c6)oc6ccccc67)cc5c4c3o2)cc1. The first-order valence-corrected chi connectivity index (χ1v) is 18.0. The normalized spacial score (nSPS) is 11.7. The largest absolute Gasteiger partial charge is 0.456 e. The molecule has 0 atom stereocenters. The van der Waals surface area contributed by atoms with Crippen molar-refractivity contribution in [1.82, 2.24) is 4.98 Å². The van der Waals surface area contributed by atoms with Gasteiger partial charge in [0.05, 0.1) is 5.39 Å². The lowest BCUT2D eigenvalue weighted by molar-refractivity contribution is 0.622. The van der Waals surface area contributed by atoms with Crippen molar-refractivity contribution >= 4 is 72.0 Å². The van der Waals surface area contributed by atoms with E-state index in [0.717, 1.165) is 94.3 Å². The molecule has 0 bridgehead atoms. The number of hydrogen-bond donors (Lipinski definition) is 0. The molecule has 0 spiro atoms. The summed E-state index contributed by atoms with van der Waals surface area (Å²) in [6.07, 6.45) is 0. The zero-order valence-electron chi connectivity index (χ0n) is 28.9. The quantitative estimate of drug-likeness (QED) is 0.173. The molecule has 3 heterocycles. The van der Waals surface area contributed by atoms with Crippen molar-refractivity contribution in [1.29, 1.82) is 0 Å². The minimum atomic E-state index is 0.580. The van der Waals surface area contributed by atoms with Gasteiger partial charge in [0.25, 0.3) is 0 Å². The van der Waals surface area contributed by atoms with E-state index in [-0.39, 0.29) is 0 Å². The monoisotopic (exact) mass is 694 g/mol. The summed E-state index contributed by atoms with van der Waals surface area (Å²) >= 11 is 0. The molecule has 5 heteroatoms. The third-order valence-corrected chi connectivity index (χ3v) is 10.3. The molecule has 0 saturated carbocycles. The van der Waals surface area contributed by atoms with Crippen molar-refractivity contribution in [3.8, 4) is 33.7 Å². The minimum Gasteiger partial charge on any atom is -0.456 e. The van der Waals surface area contributed by atoms with Crippen LogP contribution in [0.25, 0.3) is 88.7 Å². The second-order valence-corrected chi connectivity index (χ2v) is 13.5. The summed E-state index contributed by atoms with van der Waals surface area (Å²) in [7, 11) is 0. The van der Waals surface area contributed by atoms with Crippen LogP contribution in [0.15, 0.2) is 195 Å². The van der Waals surface area contributed by atoms with Crippen LogP contribution in [0.5, 0.6) is 0 Å². The van der Waals surface area contributed by atoms with Crippen LogP contribution >= 0.6 is 0 Å². The highest BCUT2D eigenvalue weighted by atomic mass is 16.4. The molecule has 0 aliphatic carbocycles. The van der Waals surface area contributed by atoms with E-state index in [1.807, 2.05) is 60.7 Å². The maximum Gasteiger partial charge on any atom is 0.227 e. The summed E-state index contributed by atoms with van der Waals surface area (Å²) < 4.78 is 19.4. The van der Waals surface area contributed by atoms with E-state index in [1.54, 1.807) is 0 Å². The number of fused-ring (bicyclic) bond motifs is 8. The Bertz CT molecular complexity index is 3160. The number of nitrogens with zero attached hydrogens (tertiary/aromatic N) is 2. The summed E-state index contributed by atoms with van der Waals surface area (Å²) in [4.78, 5) is 7.16. The third kappa shape index (κ3) is 4.90. The lowest BCUT2D eigenvalue weighted by atomic mass is 9.93. The smallest absolute Gasteiger partial charge is 0.227 e. The van der Waals surface area contributed by atoms with E-state index in [1.165, 1.54) is 0 Å². The van der Waals surface area contributed by atoms with Crippen LogP contribution in [0.4, 0.5) is 17.1 Å². The summed E-state index contributed by atoms with van der Waals surface area (Å²) in [5.74, 6) is 0.580. The predicted octanol–water partition coefficient (Wildman–Crippen LogP) is 14.1. The highest BCUT2D eigenvalue weighted by Crippen LogP contribution is 2.45. The number of oxazole rings is 1. The van der Waals surface area contributed by atoms with Gasteiger partial charge in [-0.2, -0.15) is 0 Å². The van der Waals surface area contributed by atoms with Crippen LogP contribution in [0.1, 0.15) is 0 Å². The van der Waals surface area contributed by atoms with Crippen LogP contribution in [-0.4, -0.2) is 4.98 Å². The highest BCUT2D eigenvalue weighted by molar-refractivity contribution is 6.17. The maximum absolute atomic E-state index is 6.50. The average molecular weight is 695 g/mol. The van der Waals surface area contributed by atoms with Crippen LogP contribution < -0.4 is 4.90 Å². The molecule has 254 valence electrons. The number of para-hydroxylation sites is 1. The molecule has 54 heavy (non-hydrogen) atoms. The summed E-state index contributed by atoms with van der Waals surface area (Å²) in [6.45, 7) is 0. The Labute approximate surface area is 309 Å². The molecule has 11 rings (SSSR count). The lowest BCUT2D eigenvalue weighted by Crippen LogP contribution is -2.10. The molecule has 0 amide bonds. The standard InChI is InChI=1S/C49H30N2O3/c1-4-12-31(13-5-1)37-23-20-34(28-40(37)32-14-6-2-7-15-32)51(36-21-24-39-38-18-10-11-19-43(38)53-46(39)30-36)35-22-26-44-41(29-35)47-45(52-44)27-25-42-48(47)54-49(50-42)33-16-8-3-9-17-33/h1-30H. The molecule has 0 N–H and O–H groups in total. The summed E-state index contributed by atoms with van der Waals surface area (Å²) in [6, 6.07) is 62.9. The number of furan rings is 2. The molecular weight excluding hydrogens is 665 g/mol. The van der Waals surface area contributed by atoms with E-state index in [9.17, 15) is 0 Å². The van der Waals surface area contributed by atoms with Crippen molar-refractivity contribution in [3.63, 3.8) is 0 Å². The van der Waals surface area contributed by atoms with Crippen molar-refractivity contribution in [2.45, 2.75) is 0 Å². The van der Waals surface area contributed by atoms with Gasteiger partial charge in [0, 0.05) is 44.9 Å². The fourth-order valence-corrected chi connectivity index (χ4v) is 7.78. The van der Waals surface area contributed by atoms with Gasteiger partial charge in [-0.15, -0.1) is 0 Å². The molecule has 3 aromatic heterocycles. The van der Waals surface area contributed by atoms with Crippen LogP contribution in [-0.2, 0) is 0 Å². The van der Waals surface area contributed by atoms with Gasteiger partial charge < -0.3 is 18.2 Å². The minimum absolute atomic E-state index is 0.580. The van der Waals surface area contributed by atoms with Crippen molar-refractivity contribution in [3.05, 3.63) is 182 Å². The molecule has 0 unspecified atom stereocenters. The number of rotatable bonds is 6. The molecule has 8 aromatic carbocycles. The Morgan fingerprint density at radius 2 is 0.944 bits per heavy atom. The molecule has 0 aliphatic rings. The van der Waals surface area contributed by atoms with Gasteiger partial charge in [0.15, 0.2) is 5.58 Å². The van der Waals surface area contributed by atoms with Gasteiger partial charge in [0.1, 0.15) is 27.8 Å². The molecule has 11 aromatic rings. The predicted molar refractivity (Wildman–Crippen MR) is 220 cm³/mol. The second-order valence-electron chi connectivity index (χ2n) is 13.5. The van der Waals surface area contributed by atoms with Crippen molar-refractivity contribution in [2.75, 3.05) is 4.90 Å². The number of benzene rings is 8. The van der Waals surface area contributed by atoms with Gasteiger partial charge in [-0.05, 0) is 95.1 Å². The molecule has 0 saturated heterocycles.